The van der Waals surface area contributed by atoms with Gasteiger partial charge in [-0.3, -0.25) is 10.1 Å². The molecule has 2 aromatic heterocycles. The number of carbonyl (C=O) groups is 1. The van der Waals surface area contributed by atoms with Crippen LogP contribution in [0.4, 0.5) is 5.95 Å². The summed E-state index contributed by atoms with van der Waals surface area (Å²) in [5, 5.41) is 2.62. The lowest BCUT2D eigenvalue weighted by atomic mass is 10.1. The predicted molar refractivity (Wildman–Crippen MR) is 96.2 cm³/mol. The van der Waals surface area contributed by atoms with E-state index in [2.05, 4.69) is 27.4 Å². The zero-order valence-electron chi connectivity index (χ0n) is 14.5. The molecule has 0 bridgehead atoms. The monoisotopic (exact) mass is 349 g/mol. The lowest BCUT2D eigenvalue weighted by molar-refractivity contribution is 0.0991. The Morgan fingerprint density at radius 3 is 2.96 bits per heavy atom. The van der Waals surface area contributed by atoms with Gasteiger partial charge in [-0.15, -0.1) is 0 Å². The number of benzene rings is 1. The number of aromatic nitrogens is 2. The van der Waals surface area contributed by atoms with Crippen molar-refractivity contribution in [1.29, 1.82) is 0 Å². The molecule has 2 heterocycles. The highest BCUT2D eigenvalue weighted by molar-refractivity contribution is 6.01. The standard InChI is InChI=1S/C20H19N3O3/c1-13-9-10-21-20(22-13)23-19(24)18-8-7-17(26-18)12-25-16-6-5-14-3-2-4-15(14)11-16/h5-11H,2-4,12H2,1H3,(H,21,22,23,24). The highest BCUT2D eigenvalue weighted by Gasteiger charge is 2.14. The Kier molecular flexibility index (Phi) is 4.39. The molecule has 6 nitrogen and oxygen atoms in total. The maximum absolute atomic E-state index is 12.2. The number of hydrogen-bond acceptors (Lipinski definition) is 5. The van der Waals surface area contributed by atoms with Crippen LogP contribution in [0.15, 0.2) is 47.0 Å². The Balaban J connectivity index is 1.37. The van der Waals surface area contributed by atoms with Crippen LogP contribution in [-0.2, 0) is 19.4 Å². The third kappa shape index (κ3) is 3.59. The van der Waals surface area contributed by atoms with E-state index in [4.69, 9.17) is 9.15 Å². The molecule has 1 aliphatic rings. The summed E-state index contributed by atoms with van der Waals surface area (Å²) in [6.45, 7) is 2.10. The van der Waals surface area contributed by atoms with Gasteiger partial charge < -0.3 is 9.15 Å². The summed E-state index contributed by atoms with van der Waals surface area (Å²) in [4.78, 5) is 20.4. The fourth-order valence-electron chi connectivity index (χ4n) is 3.04. The molecule has 1 aromatic carbocycles. The topological polar surface area (TPSA) is 77.2 Å². The number of carbonyl (C=O) groups excluding carboxylic acids is 1. The minimum absolute atomic E-state index is 0.197. The van der Waals surface area contributed by atoms with Crippen molar-refractivity contribution in [3.8, 4) is 5.75 Å². The number of nitrogens with zero attached hydrogens (tertiary/aromatic N) is 2. The summed E-state index contributed by atoms with van der Waals surface area (Å²) in [7, 11) is 0. The van der Waals surface area contributed by atoms with Gasteiger partial charge in [0.15, 0.2) is 5.76 Å². The van der Waals surface area contributed by atoms with E-state index in [-0.39, 0.29) is 24.2 Å². The van der Waals surface area contributed by atoms with E-state index < -0.39 is 0 Å². The Hall–Kier alpha value is -3.15. The molecule has 0 unspecified atom stereocenters. The van der Waals surface area contributed by atoms with Gasteiger partial charge in [0.05, 0.1) is 0 Å². The van der Waals surface area contributed by atoms with Crippen LogP contribution in [0.3, 0.4) is 0 Å². The van der Waals surface area contributed by atoms with Crippen LogP contribution in [0.2, 0.25) is 0 Å². The summed E-state index contributed by atoms with van der Waals surface area (Å²) in [5.41, 5.74) is 3.55. The first-order valence-corrected chi connectivity index (χ1v) is 8.62. The van der Waals surface area contributed by atoms with Crippen molar-refractivity contribution in [2.24, 2.45) is 0 Å². The van der Waals surface area contributed by atoms with Gasteiger partial charge >= 0.3 is 0 Å². The molecule has 1 aliphatic carbocycles. The molecule has 0 fully saturated rings. The van der Waals surface area contributed by atoms with Crippen LogP contribution in [0.5, 0.6) is 5.75 Å². The minimum Gasteiger partial charge on any atom is -0.486 e. The highest BCUT2D eigenvalue weighted by Crippen LogP contribution is 2.26. The molecule has 4 rings (SSSR count). The Bertz CT molecular complexity index is 949. The van der Waals surface area contributed by atoms with E-state index in [0.717, 1.165) is 24.3 Å². The fourth-order valence-corrected chi connectivity index (χ4v) is 3.04. The molecule has 1 N–H and O–H groups in total. The van der Waals surface area contributed by atoms with Gasteiger partial charge in [0.1, 0.15) is 18.1 Å². The van der Waals surface area contributed by atoms with E-state index in [1.807, 2.05) is 13.0 Å². The first kappa shape index (κ1) is 16.3. The number of nitrogens with one attached hydrogen (secondary N) is 1. The van der Waals surface area contributed by atoms with Gasteiger partial charge in [-0.2, -0.15) is 0 Å². The number of hydrogen-bond donors (Lipinski definition) is 1. The summed E-state index contributed by atoms with van der Waals surface area (Å²) in [5.74, 6) is 1.46. The third-order valence-electron chi connectivity index (χ3n) is 4.36. The molecule has 0 aliphatic heterocycles. The van der Waals surface area contributed by atoms with Crippen LogP contribution in [0.1, 0.15) is 39.6 Å². The molecule has 26 heavy (non-hydrogen) atoms. The molecule has 0 saturated heterocycles. The van der Waals surface area contributed by atoms with Gasteiger partial charge in [0, 0.05) is 11.9 Å². The van der Waals surface area contributed by atoms with Crippen LogP contribution >= 0.6 is 0 Å². The number of furan rings is 1. The molecule has 6 heteroatoms. The number of amides is 1. The minimum atomic E-state index is -0.389. The second-order valence-corrected chi connectivity index (χ2v) is 6.31. The normalized spacial score (nSPS) is 12.7. The van der Waals surface area contributed by atoms with E-state index in [1.165, 1.54) is 17.5 Å². The summed E-state index contributed by atoms with van der Waals surface area (Å²) in [6, 6.07) is 11.3. The molecular weight excluding hydrogens is 330 g/mol. The second kappa shape index (κ2) is 7.00. The van der Waals surface area contributed by atoms with Crippen LogP contribution in [-0.4, -0.2) is 15.9 Å². The van der Waals surface area contributed by atoms with Crippen LogP contribution in [0.25, 0.3) is 0 Å². The Labute approximate surface area is 151 Å². The predicted octanol–water partition coefficient (Wildman–Crippen LogP) is 3.70. The van der Waals surface area contributed by atoms with Crippen molar-refractivity contribution in [3.63, 3.8) is 0 Å². The van der Waals surface area contributed by atoms with Crippen molar-refractivity contribution in [3.05, 3.63) is 70.9 Å². The van der Waals surface area contributed by atoms with Crippen LogP contribution in [0, 0.1) is 6.92 Å². The smallest absolute Gasteiger partial charge is 0.293 e. The Morgan fingerprint density at radius 2 is 2.08 bits per heavy atom. The van der Waals surface area contributed by atoms with Crippen molar-refractivity contribution in [2.75, 3.05) is 5.32 Å². The SMILES string of the molecule is Cc1ccnc(NC(=O)c2ccc(COc3ccc4c(c3)CCC4)o2)n1. The summed E-state index contributed by atoms with van der Waals surface area (Å²) in [6.07, 6.45) is 5.06. The maximum atomic E-state index is 12.2. The van der Waals surface area contributed by atoms with Crippen molar-refractivity contribution < 1.29 is 13.9 Å². The number of ether oxygens (including phenoxy) is 1. The molecular formula is C20H19N3O3. The summed E-state index contributed by atoms with van der Waals surface area (Å²) < 4.78 is 11.4. The molecule has 132 valence electrons. The highest BCUT2D eigenvalue weighted by atomic mass is 16.5. The van der Waals surface area contributed by atoms with Crippen molar-refractivity contribution >= 4 is 11.9 Å². The van der Waals surface area contributed by atoms with Gasteiger partial charge in [0.25, 0.3) is 5.91 Å². The zero-order valence-corrected chi connectivity index (χ0v) is 14.5. The quantitative estimate of drug-likeness (QED) is 0.760. The number of anilines is 1. The van der Waals surface area contributed by atoms with E-state index >= 15 is 0 Å². The van der Waals surface area contributed by atoms with E-state index in [1.54, 1.807) is 24.4 Å². The average Bonchev–Trinajstić information content (AvgIpc) is 3.29. The first-order chi connectivity index (χ1) is 12.7. The van der Waals surface area contributed by atoms with Gasteiger partial charge in [-0.05, 0) is 67.6 Å². The molecule has 0 spiro atoms. The van der Waals surface area contributed by atoms with Crippen LogP contribution < -0.4 is 10.1 Å². The van der Waals surface area contributed by atoms with E-state index in [9.17, 15) is 4.79 Å². The lowest BCUT2D eigenvalue weighted by Crippen LogP contribution is -2.13. The molecule has 0 radical (unpaired) electrons. The van der Waals surface area contributed by atoms with Gasteiger partial charge in [-0.1, -0.05) is 6.07 Å². The van der Waals surface area contributed by atoms with Crippen molar-refractivity contribution in [2.45, 2.75) is 32.8 Å². The first-order valence-electron chi connectivity index (χ1n) is 8.62. The van der Waals surface area contributed by atoms with Crippen molar-refractivity contribution in [1.82, 2.24) is 9.97 Å². The number of aryl methyl sites for hydroxylation is 3. The fraction of sp³-hybridized carbons (Fsp3) is 0.250. The molecule has 0 saturated carbocycles. The molecule has 3 aromatic rings. The van der Waals surface area contributed by atoms with Gasteiger partial charge in [0.2, 0.25) is 5.95 Å². The van der Waals surface area contributed by atoms with E-state index in [0.29, 0.717) is 5.76 Å². The average molecular weight is 349 g/mol. The largest absolute Gasteiger partial charge is 0.486 e. The number of fused-ring (bicyclic) bond motifs is 1. The lowest BCUT2D eigenvalue weighted by Gasteiger charge is -2.06. The maximum Gasteiger partial charge on any atom is 0.293 e. The molecule has 1 amide bonds. The van der Waals surface area contributed by atoms with Gasteiger partial charge in [-0.25, -0.2) is 9.97 Å². The third-order valence-corrected chi connectivity index (χ3v) is 4.36. The Morgan fingerprint density at radius 1 is 1.19 bits per heavy atom. The zero-order chi connectivity index (χ0) is 17.9. The molecule has 0 atom stereocenters. The summed E-state index contributed by atoms with van der Waals surface area (Å²) >= 11 is 0. The number of rotatable bonds is 5. The second-order valence-electron chi connectivity index (χ2n) is 6.31.